The Balaban J connectivity index is 1.78. The lowest BCUT2D eigenvalue weighted by molar-refractivity contribution is 0.0714. The number of rotatable bonds is 5. The lowest BCUT2D eigenvalue weighted by Crippen LogP contribution is -2.49. The second-order valence-corrected chi connectivity index (χ2v) is 5.67. The van der Waals surface area contributed by atoms with Crippen molar-refractivity contribution in [3.05, 3.63) is 36.2 Å². The maximum absolute atomic E-state index is 13.0. The Bertz CT molecular complexity index is 1370. The number of carbonyl (C=O) groups is 1. The molecule has 1 aliphatic rings. The van der Waals surface area contributed by atoms with E-state index in [1.807, 2.05) is 0 Å². The van der Waals surface area contributed by atoms with Crippen LogP contribution in [0.1, 0.15) is 20.2 Å². The number of aromatic nitrogens is 2. The number of ether oxygens (including phenoxy) is 2. The van der Waals surface area contributed by atoms with E-state index in [1.54, 1.807) is 0 Å². The minimum Gasteiger partial charge on any atom is -0.493 e. The van der Waals surface area contributed by atoms with Gasteiger partial charge in [0.2, 0.25) is 5.95 Å². The summed E-state index contributed by atoms with van der Waals surface area (Å²) in [5.74, 6) is -1.96. The molecule has 3 aromatic rings. The molecule has 1 aromatic carbocycles. The van der Waals surface area contributed by atoms with Gasteiger partial charge in [-0.3, -0.25) is 4.79 Å². The molecule has 146 valence electrons. The lowest BCUT2D eigenvalue weighted by atomic mass is 10.2. The number of benzene rings is 1. The third-order valence-corrected chi connectivity index (χ3v) is 4.07. The second-order valence-electron chi connectivity index (χ2n) is 5.67. The molecule has 2 aromatic heterocycles. The van der Waals surface area contributed by atoms with Crippen LogP contribution in [0.25, 0.3) is 10.9 Å². The van der Waals surface area contributed by atoms with Crippen LogP contribution >= 0.6 is 0 Å². The molecule has 0 atom stereocenters. The summed E-state index contributed by atoms with van der Waals surface area (Å²) in [4.78, 5) is 23.0. The number of anilines is 2. The first-order valence-electron chi connectivity index (χ1n) is 12.5. The third kappa shape index (κ3) is 3.15. The number of piperazine rings is 1. The summed E-state index contributed by atoms with van der Waals surface area (Å²) in [6, 6.07) is 1.52. The van der Waals surface area contributed by atoms with Gasteiger partial charge < -0.3 is 29.4 Å². The average Bonchev–Trinajstić information content (AvgIpc) is 3.07. The van der Waals surface area contributed by atoms with Gasteiger partial charge in [-0.1, -0.05) is 0 Å². The van der Waals surface area contributed by atoms with Gasteiger partial charge >= 0.3 is 0 Å². The van der Waals surface area contributed by atoms with Crippen LogP contribution in [-0.4, -0.2) is 61.1 Å². The molecule has 9 nitrogen and oxygen atoms in total. The summed E-state index contributed by atoms with van der Waals surface area (Å²) in [6.07, 6.45) is -0.771. The molecule has 9 heteroatoms. The Morgan fingerprint density at radius 3 is 2.68 bits per heavy atom. The predicted octanol–water partition coefficient (Wildman–Crippen LogP) is 1.78. The van der Waals surface area contributed by atoms with Gasteiger partial charge in [-0.15, -0.1) is 0 Å². The van der Waals surface area contributed by atoms with E-state index in [9.17, 15) is 4.79 Å². The largest absolute Gasteiger partial charge is 0.493 e. The molecule has 0 saturated carbocycles. The van der Waals surface area contributed by atoms with Gasteiger partial charge in [0.05, 0.1) is 34.2 Å². The van der Waals surface area contributed by atoms with Crippen LogP contribution < -0.4 is 20.1 Å². The molecule has 1 saturated heterocycles. The van der Waals surface area contributed by atoms with Crippen LogP contribution in [0.15, 0.2) is 34.9 Å². The Kier molecular flexibility index (Phi) is 2.63. The normalized spacial score (nSPS) is 22.4. The van der Waals surface area contributed by atoms with Crippen molar-refractivity contribution in [3.8, 4) is 11.5 Å². The molecule has 4 rings (SSSR count). The fraction of sp³-hybridized carbons (Fsp3) is 0.316. The number of furan rings is 1. The number of amides is 1. The van der Waals surface area contributed by atoms with Gasteiger partial charge in [0.1, 0.15) is 7.19 Å². The number of methoxy groups -OCH3 is 2. The maximum atomic E-state index is 13.0. The highest BCUT2D eigenvalue weighted by atomic mass is 16.5. The number of nitrogens with two attached hydrogens (primary N) is 1. The fourth-order valence-corrected chi connectivity index (χ4v) is 2.66. The van der Waals surface area contributed by atoms with Crippen molar-refractivity contribution in [1.29, 1.82) is 0 Å². The Labute approximate surface area is 174 Å². The number of nitrogen functional groups attached to an aromatic ring is 1. The summed E-state index contributed by atoms with van der Waals surface area (Å²) >= 11 is 0. The first-order chi connectivity index (χ1) is 17.2. The van der Waals surface area contributed by atoms with Crippen molar-refractivity contribution in [2.24, 2.45) is 0 Å². The molecule has 1 fully saturated rings. The molecular formula is C19H21N5O4. The zero-order valence-electron chi connectivity index (χ0n) is 23.9. The maximum Gasteiger partial charge on any atom is 0.289 e. The van der Waals surface area contributed by atoms with E-state index < -0.39 is 56.1 Å². The minimum atomic E-state index is -2.69. The van der Waals surface area contributed by atoms with E-state index in [-0.39, 0.29) is 33.3 Å². The lowest BCUT2D eigenvalue weighted by Gasteiger charge is -2.34. The molecule has 1 amide bonds. The van der Waals surface area contributed by atoms with E-state index in [0.717, 1.165) is 4.90 Å². The average molecular weight is 392 g/mol. The summed E-state index contributed by atoms with van der Waals surface area (Å²) in [6.45, 7) is -6.63. The third-order valence-electron chi connectivity index (χ3n) is 4.07. The molecule has 0 unspecified atom stereocenters. The fourth-order valence-electron chi connectivity index (χ4n) is 2.66. The van der Waals surface area contributed by atoms with Crippen LogP contribution in [0.3, 0.4) is 0 Å². The summed E-state index contributed by atoms with van der Waals surface area (Å²) in [7, 11) is 2.81. The van der Waals surface area contributed by atoms with Gasteiger partial charge in [-0.25, -0.2) is 4.98 Å². The van der Waals surface area contributed by atoms with Crippen LogP contribution in [0, 0.1) is 0 Å². The summed E-state index contributed by atoms with van der Waals surface area (Å²) < 4.78 is 87.7. The molecule has 0 radical (unpaired) electrons. The van der Waals surface area contributed by atoms with Gasteiger partial charge in [0.25, 0.3) is 5.91 Å². The molecule has 3 heterocycles. The highest BCUT2D eigenvalue weighted by molar-refractivity contribution is 5.92. The predicted molar refractivity (Wildman–Crippen MR) is 104 cm³/mol. The van der Waals surface area contributed by atoms with Gasteiger partial charge in [0.15, 0.2) is 20.1 Å². The second kappa shape index (κ2) is 7.26. The zero-order valence-corrected chi connectivity index (χ0v) is 14.9. The standard InChI is InChI=1S/C19H21N5O4/c1-26-15-10-12-13(11-16(15)27-2)21-19(22-17(12)20)24-7-5-23(6-8-24)18(25)14-4-3-9-28-14/h3-4,9-11H,5-8H2,1-2H3,(H2,20,21,22)/i3D,4D,5D2,6D2,9D/hD2. The van der Waals surface area contributed by atoms with Crippen LogP contribution in [0.2, 0.25) is 2.82 Å². The first-order valence-corrected chi connectivity index (χ1v) is 8.09. The minimum absolute atomic E-state index is 0.194. The quantitative estimate of drug-likeness (QED) is 0.700. The zero-order chi connectivity index (χ0) is 27.4. The van der Waals surface area contributed by atoms with Crippen molar-refractivity contribution in [2.75, 3.05) is 50.9 Å². The molecule has 0 spiro atoms. The van der Waals surface area contributed by atoms with Crippen molar-refractivity contribution in [3.63, 3.8) is 0 Å². The highest BCUT2D eigenvalue weighted by Gasteiger charge is 2.25. The SMILES string of the molecule is [2H]c1oc(C(=O)N2C([2H])([2H])CN(c3nc(N([2H])[2H])c4cc(OC)c(OC)cc4n3)CC2([2H])[2H])c([2H])c1[2H]. The van der Waals surface area contributed by atoms with Crippen LogP contribution in [0.5, 0.6) is 11.5 Å². The monoisotopic (exact) mass is 392 g/mol. The Hall–Kier alpha value is -3.49. The highest BCUT2D eigenvalue weighted by Crippen LogP contribution is 2.34. The van der Waals surface area contributed by atoms with Crippen LogP contribution in [-0.2, 0) is 0 Å². The molecule has 0 aliphatic carbocycles. The number of carbonyl (C=O) groups excluding carboxylic acids is 1. The van der Waals surface area contributed by atoms with Gasteiger partial charge in [-0.05, 0) is 18.2 Å². The van der Waals surface area contributed by atoms with Crippen molar-refractivity contribution in [2.45, 2.75) is 0 Å². The Morgan fingerprint density at radius 2 is 2.04 bits per heavy atom. The van der Waals surface area contributed by atoms with E-state index in [4.69, 9.17) is 26.3 Å². The summed E-state index contributed by atoms with van der Waals surface area (Å²) in [5.41, 5.74) is 0.439. The Morgan fingerprint density at radius 1 is 1.29 bits per heavy atom. The molecule has 0 bridgehead atoms. The smallest absolute Gasteiger partial charge is 0.289 e. The number of fused-ring (bicyclic) bond motifs is 1. The van der Waals surface area contributed by atoms with Gasteiger partial charge in [0, 0.05) is 37.5 Å². The topological polar surface area (TPSA) is 107 Å². The van der Waals surface area contributed by atoms with Crippen LogP contribution in [0.4, 0.5) is 11.8 Å². The summed E-state index contributed by atoms with van der Waals surface area (Å²) in [5, 5.41) is 0.254. The van der Waals surface area contributed by atoms with Crippen molar-refractivity contribution in [1.82, 2.24) is 14.9 Å². The van der Waals surface area contributed by atoms with E-state index in [1.165, 1.54) is 26.4 Å². The van der Waals surface area contributed by atoms with Crippen molar-refractivity contribution >= 4 is 28.6 Å². The molecule has 1 aliphatic heterocycles. The first kappa shape index (κ1) is 10.2. The number of hydrogen-bond donors (Lipinski definition) is 1. The molecule has 28 heavy (non-hydrogen) atoms. The number of nitrogens with zero attached hydrogens (tertiary/aromatic N) is 4. The molecule has 2 N–H and O–H groups in total. The van der Waals surface area contributed by atoms with E-state index in [0.29, 0.717) is 11.5 Å². The van der Waals surface area contributed by atoms with E-state index in [2.05, 4.69) is 9.97 Å². The van der Waals surface area contributed by atoms with Gasteiger partial charge in [-0.2, -0.15) is 4.98 Å². The molecular weight excluding hydrogens is 362 g/mol. The number of hydrogen-bond acceptors (Lipinski definition) is 8. The van der Waals surface area contributed by atoms with Crippen molar-refractivity contribution < 1.29 is 31.1 Å². The van der Waals surface area contributed by atoms with E-state index >= 15 is 0 Å².